The van der Waals surface area contributed by atoms with Crippen molar-refractivity contribution in [3.63, 3.8) is 0 Å². The van der Waals surface area contributed by atoms with Crippen LogP contribution in [0.4, 0.5) is 8.78 Å². The van der Waals surface area contributed by atoms with Gasteiger partial charge in [0.15, 0.2) is 5.69 Å². The first-order chi connectivity index (χ1) is 9.36. The van der Waals surface area contributed by atoms with Gasteiger partial charge in [-0.05, 0) is 32.3 Å². The number of alkyl halides is 2. The molecule has 0 unspecified atom stereocenters. The molecule has 1 atom stereocenters. The van der Waals surface area contributed by atoms with E-state index in [1.54, 1.807) is 0 Å². The van der Waals surface area contributed by atoms with Gasteiger partial charge in [-0.2, -0.15) is 13.9 Å². The molecule has 110 valence electrons. The summed E-state index contributed by atoms with van der Waals surface area (Å²) in [7, 11) is 0. The first kappa shape index (κ1) is 14.4. The number of rotatable bonds is 3. The second-order valence-electron chi connectivity index (χ2n) is 4.95. The quantitative estimate of drug-likeness (QED) is 0.919. The fourth-order valence-corrected chi connectivity index (χ4v) is 2.37. The highest BCUT2D eigenvalue weighted by molar-refractivity contribution is 5.96. The number of carbonyl (C=O) groups is 2. The van der Waals surface area contributed by atoms with Gasteiger partial charge in [0.1, 0.15) is 5.54 Å². The van der Waals surface area contributed by atoms with Gasteiger partial charge in [-0.3, -0.25) is 4.79 Å². The predicted molar refractivity (Wildman–Crippen MR) is 64.4 cm³/mol. The van der Waals surface area contributed by atoms with E-state index < -0.39 is 24.0 Å². The highest BCUT2D eigenvalue weighted by Crippen LogP contribution is 2.29. The molecule has 0 spiro atoms. The highest BCUT2D eigenvalue weighted by atomic mass is 19.3. The van der Waals surface area contributed by atoms with Crippen molar-refractivity contribution in [2.24, 2.45) is 0 Å². The monoisotopic (exact) mass is 287 g/mol. The molecule has 1 aliphatic heterocycles. The molecule has 0 aromatic carbocycles. The maximum Gasteiger partial charge on any atom is 0.333 e. The Labute approximate surface area is 114 Å². The summed E-state index contributed by atoms with van der Waals surface area (Å²) in [6.45, 7) is -1.08. The molecule has 0 radical (unpaired) electrons. The van der Waals surface area contributed by atoms with Gasteiger partial charge >= 0.3 is 12.5 Å². The number of likely N-dealkylation sites (tertiary alicyclic amines) is 1. The van der Waals surface area contributed by atoms with Crippen LogP contribution in [0.2, 0.25) is 0 Å². The van der Waals surface area contributed by atoms with E-state index in [-0.39, 0.29) is 12.2 Å². The second kappa shape index (κ2) is 5.18. The third kappa shape index (κ3) is 2.37. The summed E-state index contributed by atoms with van der Waals surface area (Å²) in [4.78, 5) is 24.9. The number of carbonyl (C=O) groups excluding carboxylic acids is 1. The summed E-state index contributed by atoms with van der Waals surface area (Å²) < 4.78 is 25.3. The zero-order valence-corrected chi connectivity index (χ0v) is 10.9. The smallest absolute Gasteiger partial charge is 0.333 e. The van der Waals surface area contributed by atoms with Crippen molar-refractivity contribution in [2.75, 3.05) is 6.54 Å². The number of hydrogen-bond donors (Lipinski definition) is 1. The number of aliphatic carboxylic acids is 1. The topological polar surface area (TPSA) is 75.4 Å². The minimum absolute atomic E-state index is 0.167. The number of piperidine rings is 1. The van der Waals surface area contributed by atoms with E-state index in [9.17, 15) is 23.5 Å². The number of amides is 1. The average molecular weight is 287 g/mol. The van der Waals surface area contributed by atoms with Crippen molar-refractivity contribution in [1.82, 2.24) is 14.7 Å². The largest absolute Gasteiger partial charge is 0.480 e. The van der Waals surface area contributed by atoms with Crippen LogP contribution in [-0.4, -0.2) is 43.7 Å². The fraction of sp³-hybridized carbons (Fsp3) is 0.583. The Bertz CT molecular complexity index is 532. The van der Waals surface area contributed by atoms with Crippen molar-refractivity contribution in [2.45, 2.75) is 38.3 Å². The van der Waals surface area contributed by atoms with E-state index in [2.05, 4.69) is 5.10 Å². The lowest BCUT2D eigenvalue weighted by molar-refractivity contribution is -0.150. The van der Waals surface area contributed by atoms with Gasteiger partial charge in [0.05, 0.1) is 0 Å². The maximum atomic E-state index is 12.4. The van der Waals surface area contributed by atoms with Crippen LogP contribution in [0.15, 0.2) is 12.3 Å². The summed E-state index contributed by atoms with van der Waals surface area (Å²) in [5, 5.41) is 12.8. The Kier molecular flexibility index (Phi) is 3.74. The van der Waals surface area contributed by atoms with Crippen LogP contribution in [0.5, 0.6) is 0 Å². The Hall–Kier alpha value is -1.99. The van der Waals surface area contributed by atoms with E-state index in [1.807, 2.05) is 0 Å². The molecule has 1 saturated heterocycles. The zero-order valence-electron chi connectivity index (χ0n) is 10.9. The van der Waals surface area contributed by atoms with E-state index >= 15 is 0 Å². The van der Waals surface area contributed by atoms with Crippen LogP contribution in [0.25, 0.3) is 0 Å². The number of aromatic nitrogens is 2. The molecule has 8 heteroatoms. The average Bonchev–Trinajstić information content (AvgIpc) is 2.88. The molecule has 20 heavy (non-hydrogen) atoms. The lowest BCUT2D eigenvalue weighted by atomic mass is 9.88. The van der Waals surface area contributed by atoms with Crippen LogP contribution in [0, 0.1) is 0 Å². The van der Waals surface area contributed by atoms with Gasteiger partial charge in [0, 0.05) is 12.7 Å². The Morgan fingerprint density at radius 1 is 1.45 bits per heavy atom. The molecule has 6 nitrogen and oxygen atoms in total. The molecule has 1 aromatic rings. The van der Waals surface area contributed by atoms with Gasteiger partial charge in [-0.1, -0.05) is 0 Å². The number of carboxylic acid groups (broad SMARTS) is 1. The first-order valence-corrected chi connectivity index (χ1v) is 6.25. The lowest BCUT2D eigenvalue weighted by Gasteiger charge is -2.41. The van der Waals surface area contributed by atoms with Crippen LogP contribution in [0.1, 0.15) is 43.2 Å². The van der Waals surface area contributed by atoms with E-state index in [1.165, 1.54) is 17.9 Å². The molecule has 1 N–H and O–H groups in total. The van der Waals surface area contributed by atoms with E-state index in [0.717, 1.165) is 6.20 Å². The molecule has 1 aliphatic rings. The van der Waals surface area contributed by atoms with Crippen molar-refractivity contribution in [3.8, 4) is 0 Å². The van der Waals surface area contributed by atoms with Crippen molar-refractivity contribution >= 4 is 11.9 Å². The molecule has 1 fully saturated rings. The third-order valence-corrected chi connectivity index (χ3v) is 3.62. The second-order valence-corrected chi connectivity index (χ2v) is 4.95. The summed E-state index contributed by atoms with van der Waals surface area (Å²) in [6.07, 6.45) is 2.73. The molecule has 1 aromatic heterocycles. The summed E-state index contributed by atoms with van der Waals surface area (Å²) in [5.74, 6) is -1.73. The molecular formula is C12H15F2N3O3. The van der Waals surface area contributed by atoms with Crippen LogP contribution >= 0.6 is 0 Å². The minimum atomic E-state index is -2.83. The molecule has 2 heterocycles. The lowest BCUT2D eigenvalue weighted by Crippen LogP contribution is -2.57. The van der Waals surface area contributed by atoms with Gasteiger partial charge in [0.2, 0.25) is 0 Å². The van der Waals surface area contributed by atoms with Gasteiger partial charge in [-0.25, -0.2) is 9.48 Å². The SMILES string of the molecule is C[C@@]1(C(=O)O)CCCCN1C(=O)c1ccn(C(F)F)n1. The standard InChI is InChI=1S/C12H15F2N3O3/c1-12(10(19)20)5-2-3-6-16(12)9(18)8-4-7-17(15-8)11(13)14/h4,7,11H,2-3,5-6H2,1H3,(H,19,20)/t12-/m0/s1. The number of hydrogen-bond acceptors (Lipinski definition) is 3. The summed E-state index contributed by atoms with van der Waals surface area (Å²) in [6, 6.07) is 1.17. The van der Waals surface area contributed by atoms with Crippen molar-refractivity contribution in [3.05, 3.63) is 18.0 Å². The van der Waals surface area contributed by atoms with Crippen molar-refractivity contribution in [1.29, 1.82) is 0 Å². The van der Waals surface area contributed by atoms with Crippen LogP contribution in [0.3, 0.4) is 0 Å². The van der Waals surface area contributed by atoms with Gasteiger partial charge in [-0.15, -0.1) is 0 Å². The first-order valence-electron chi connectivity index (χ1n) is 6.25. The third-order valence-electron chi connectivity index (χ3n) is 3.62. The molecule has 0 saturated carbocycles. The van der Waals surface area contributed by atoms with E-state index in [4.69, 9.17) is 0 Å². The number of carboxylic acids is 1. The highest BCUT2D eigenvalue weighted by Gasteiger charge is 2.44. The molecular weight excluding hydrogens is 272 g/mol. The van der Waals surface area contributed by atoms with Gasteiger partial charge < -0.3 is 10.0 Å². The molecule has 0 aliphatic carbocycles. The molecule has 2 rings (SSSR count). The zero-order chi connectivity index (χ0) is 14.9. The van der Waals surface area contributed by atoms with E-state index in [0.29, 0.717) is 23.9 Å². The van der Waals surface area contributed by atoms with Crippen LogP contribution in [-0.2, 0) is 4.79 Å². The summed E-state index contributed by atoms with van der Waals surface area (Å²) in [5.41, 5.74) is -1.48. The minimum Gasteiger partial charge on any atom is -0.480 e. The molecule has 0 bridgehead atoms. The number of halogens is 2. The predicted octanol–water partition coefficient (Wildman–Crippen LogP) is 1.75. The summed E-state index contributed by atoms with van der Waals surface area (Å²) >= 11 is 0. The normalized spacial score (nSPS) is 23.1. The Morgan fingerprint density at radius 2 is 2.15 bits per heavy atom. The Morgan fingerprint density at radius 3 is 2.70 bits per heavy atom. The molecule has 1 amide bonds. The maximum absolute atomic E-state index is 12.4. The number of nitrogens with zero attached hydrogens (tertiary/aromatic N) is 3. The fourth-order valence-electron chi connectivity index (χ4n) is 2.37. The Balaban J connectivity index is 2.27. The van der Waals surface area contributed by atoms with Crippen LogP contribution < -0.4 is 0 Å². The van der Waals surface area contributed by atoms with Gasteiger partial charge in [0.25, 0.3) is 5.91 Å². The van der Waals surface area contributed by atoms with Crippen molar-refractivity contribution < 1.29 is 23.5 Å².